The zero-order valence-electron chi connectivity index (χ0n) is 15.8. The van der Waals surface area contributed by atoms with E-state index in [-0.39, 0.29) is 11.5 Å². The van der Waals surface area contributed by atoms with Crippen LogP contribution in [0, 0.1) is 6.92 Å². The molecule has 7 heteroatoms. The molecule has 0 amide bonds. The molecule has 0 aliphatic heterocycles. The molecule has 0 fully saturated rings. The van der Waals surface area contributed by atoms with E-state index in [0.717, 1.165) is 5.56 Å². The van der Waals surface area contributed by atoms with E-state index in [9.17, 15) is 9.59 Å². The molecular weight excluding hydrogens is 396 g/mol. The highest BCUT2D eigenvalue weighted by atomic mass is 35.5. The van der Waals surface area contributed by atoms with Gasteiger partial charge < -0.3 is 4.74 Å². The van der Waals surface area contributed by atoms with Gasteiger partial charge in [0.2, 0.25) is 0 Å². The fraction of sp³-hybridized carbons (Fsp3) is 0.286. The van der Waals surface area contributed by atoms with Gasteiger partial charge in [-0.1, -0.05) is 41.6 Å². The smallest absolute Gasteiger partial charge is 0.305 e. The lowest BCUT2D eigenvalue weighted by atomic mass is 10.2. The van der Waals surface area contributed by atoms with Crippen molar-refractivity contribution in [2.45, 2.75) is 31.8 Å². The highest BCUT2D eigenvalue weighted by molar-refractivity contribution is 7.99. The number of fused-ring (bicyclic) bond motifs is 1. The zero-order chi connectivity index (χ0) is 20.1. The van der Waals surface area contributed by atoms with Crippen LogP contribution in [0.5, 0.6) is 0 Å². The summed E-state index contributed by atoms with van der Waals surface area (Å²) in [6.07, 6.45) is 0.982. The number of hydrogen-bond donors (Lipinski definition) is 0. The number of hydrogen-bond acceptors (Lipinski definition) is 5. The Morgan fingerprint density at radius 1 is 1.25 bits per heavy atom. The first-order chi connectivity index (χ1) is 13.5. The van der Waals surface area contributed by atoms with Gasteiger partial charge in [0.15, 0.2) is 5.16 Å². The number of carbonyl (C=O) groups is 1. The van der Waals surface area contributed by atoms with Gasteiger partial charge in [-0.15, -0.1) is 0 Å². The number of para-hydroxylation sites is 1. The van der Waals surface area contributed by atoms with Gasteiger partial charge in [-0.05, 0) is 50.1 Å². The van der Waals surface area contributed by atoms with Crippen LogP contribution in [-0.4, -0.2) is 27.9 Å². The van der Waals surface area contributed by atoms with Gasteiger partial charge in [-0.25, -0.2) is 4.98 Å². The van der Waals surface area contributed by atoms with Crippen molar-refractivity contribution in [1.29, 1.82) is 0 Å². The number of carbonyl (C=O) groups excluding carboxylic acids is 1. The maximum Gasteiger partial charge on any atom is 0.305 e. The number of thioether (sulfide) groups is 1. The van der Waals surface area contributed by atoms with Crippen LogP contribution < -0.4 is 5.56 Å². The second kappa shape index (κ2) is 9.26. The minimum atomic E-state index is -0.211. The van der Waals surface area contributed by atoms with E-state index in [0.29, 0.717) is 52.0 Å². The highest BCUT2D eigenvalue weighted by Crippen LogP contribution is 2.25. The van der Waals surface area contributed by atoms with E-state index in [4.69, 9.17) is 21.3 Å². The Hall–Kier alpha value is -2.31. The topological polar surface area (TPSA) is 61.2 Å². The van der Waals surface area contributed by atoms with Gasteiger partial charge in [-0.2, -0.15) is 0 Å². The van der Waals surface area contributed by atoms with E-state index in [1.165, 1.54) is 11.8 Å². The maximum absolute atomic E-state index is 13.2. The first-order valence-corrected chi connectivity index (χ1v) is 10.4. The van der Waals surface area contributed by atoms with Gasteiger partial charge in [0.1, 0.15) is 0 Å². The van der Waals surface area contributed by atoms with Crippen molar-refractivity contribution >= 4 is 40.2 Å². The summed E-state index contributed by atoms with van der Waals surface area (Å²) in [7, 11) is 0. The summed E-state index contributed by atoms with van der Waals surface area (Å²) >= 11 is 7.63. The van der Waals surface area contributed by atoms with Crippen molar-refractivity contribution in [2.75, 3.05) is 12.4 Å². The van der Waals surface area contributed by atoms with Crippen LogP contribution in [0.25, 0.3) is 16.6 Å². The SMILES string of the molecule is CCOC(=O)CCCSc1nc2ccccc2c(=O)n1-c1cc(Cl)ccc1C. The minimum Gasteiger partial charge on any atom is -0.466 e. The molecule has 2 aromatic carbocycles. The number of nitrogens with zero attached hydrogens (tertiary/aromatic N) is 2. The third kappa shape index (κ3) is 4.56. The number of benzene rings is 2. The van der Waals surface area contributed by atoms with E-state index in [2.05, 4.69) is 0 Å². The van der Waals surface area contributed by atoms with Gasteiger partial charge in [0.05, 0.1) is 23.2 Å². The van der Waals surface area contributed by atoms with Gasteiger partial charge >= 0.3 is 5.97 Å². The van der Waals surface area contributed by atoms with E-state index in [1.807, 2.05) is 31.2 Å². The molecule has 3 rings (SSSR count). The molecule has 0 saturated heterocycles. The summed E-state index contributed by atoms with van der Waals surface area (Å²) in [5.74, 6) is 0.432. The molecule has 5 nitrogen and oxygen atoms in total. The molecule has 28 heavy (non-hydrogen) atoms. The molecule has 1 heterocycles. The number of rotatable bonds is 7. The summed E-state index contributed by atoms with van der Waals surface area (Å²) in [4.78, 5) is 29.5. The standard InChI is InChI=1S/C21H21ClN2O3S/c1-3-27-19(25)9-6-12-28-21-23-17-8-5-4-7-16(17)20(26)24(21)18-13-15(22)11-10-14(18)2/h4-5,7-8,10-11,13H,3,6,9,12H2,1-2H3. The predicted octanol–water partition coefficient (Wildman–Crippen LogP) is 4.78. The summed E-state index contributed by atoms with van der Waals surface area (Å²) in [6, 6.07) is 12.7. The lowest BCUT2D eigenvalue weighted by Crippen LogP contribution is -2.22. The van der Waals surface area contributed by atoms with Crippen LogP contribution in [0.2, 0.25) is 5.02 Å². The fourth-order valence-corrected chi connectivity index (χ4v) is 3.97. The minimum absolute atomic E-state index is 0.135. The average Bonchev–Trinajstić information content (AvgIpc) is 2.68. The van der Waals surface area contributed by atoms with E-state index < -0.39 is 0 Å². The van der Waals surface area contributed by atoms with Crippen LogP contribution in [0.1, 0.15) is 25.3 Å². The molecule has 0 bridgehead atoms. The lowest BCUT2D eigenvalue weighted by Gasteiger charge is -2.15. The molecule has 0 aliphatic rings. The largest absolute Gasteiger partial charge is 0.466 e. The average molecular weight is 417 g/mol. The monoisotopic (exact) mass is 416 g/mol. The van der Waals surface area contributed by atoms with Crippen LogP contribution in [0.3, 0.4) is 0 Å². The third-order valence-electron chi connectivity index (χ3n) is 4.22. The van der Waals surface area contributed by atoms with Crippen molar-refractivity contribution in [2.24, 2.45) is 0 Å². The molecule has 0 atom stereocenters. The molecule has 146 valence electrons. The number of aryl methyl sites for hydroxylation is 1. The second-order valence-electron chi connectivity index (χ2n) is 6.24. The Bertz CT molecular complexity index is 1070. The Morgan fingerprint density at radius 2 is 2.04 bits per heavy atom. The number of ether oxygens (including phenoxy) is 1. The molecule has 0 radical (unpaired) electrons. The molecule has 0 aliphatic carbocycles. The molecule has 1 aromatic heterocycles. The van der Waals surface area contributed by atoms with E-state index in [1.54, 1.807) is 29.7 Å². The molecule has 0 N–H and O–H groups in total. The third-order valence-corrected chi connectivity index (χ3v) is 5.48. The number of halogens is 1. The van der Waals surface area contributed by atoms with Crippen molar-refractivity contribution in [3.05, 3.63) is 63.4 Å². The van der Waals surface area contributed by atoms with Gasteiger partial charge in [-0.3, -0.25) is 14.2 Å². The van der Waals surface area contributed by atoms with Crippen molar-refractivity contribution in [3.8, 4) is 5.69 Å². The first kappa shape index (κ1) is 20.4. The summed E-state index contributed by atoms with van der Waals surface area (Å²) < 4.78 is 6.57. The van der Waals surface area contributed by atoms with Crippen molar-refractivity contribution < 1.29 is 9.53 Å². The second-order valence-corrected chi connectivity index (χ2v) is 7.74. The normalized spacial score (nSPS) is 11.0. The molecule has 0 unspecified atom stereocenters. The summed E-state index contributed by atoms with van der Waals surface area (Å²) in [5.41, 5.74) is 2.15. The summed E-state index contributed by atoms with van der Waals surface area (Å²) in [5, 5.41) is 1.69. The van der Waals surface area contributed by atoms with Gasteiger partial charge in [0, 0.05) is 17.2 Å². The fourth-order valence-electron chi connectivity index (χ4n) is 2.86. The molecular formula is C21H21ClN2O3S. The van der Waals surface area contributed by atoms with Crippen LogP contribution in [0.15, 0.2) is 52.4 Å². The Kier molecular flexibility index (Phi) is 6.75. The maximum atomic E-state index is 13.2. The van der Waals surface area contributed by atoms with Crippen molar-refractivity contribution in [3.63, 3.8) is 0 Å². The number of esters is 1. The van der Waals surface area contributed by atoms with Crippen LogP contribution in [-0.2, 0) is 9.53 Å². The number of aromatic nitrogens is 2. The molecule has 0 spiro atoms. The predicted molar refractivity (Wildman–Crippen MR) is 114 cm³/mol. The van der Waals surface area contributed by atoms with Crippen LogP contribution >= 0.6 is 23.4 Å². The Labute approximate surface area is 172 Å². The quantitative estimate of drug-likeness (QED) is 0.240. The lowest BCUT2D eigenvalue weighted by molar-refractivity contribution is -0.143. The Balaban J connectivity index is 1.99. The first-order valence-electron chi connectivity index (χ1n) is 9.08. The molecule has 3 aromatic rings. The molecule has 0 saturated carbocycles. The Morgan fingerprint density at radius 3 is 2.82 bits per heavy atom. The summed E-state index contributed by atoms with van der Waals surface area (Å²) in [6.45, 7) is 4.10. The van der Waals surface area contributed by atoms with Crippen molar-refractivity contribution in [1.82, 2.24) is 9.55 Å². The zero-order valence-corrected chi connectivity index (χ0v) is 17.3. The highest BCUT2D eigenvalue weighted by Gasteiger charge is 2.15. The van der Waals surface area contributed by atoms with E-state index >= 15 is 0 Å². The van der Waals surface area contributed by atoms with Crippen LogP contribution in [0.4, 0.5) is 0 Å². The van der Waals surface area contributed by atoms with Gasteiger partial charge in [0.25, 0.3) is 5.56 Å².